The number of rotatable bonds is 4. The molecule has 1 unspecified atom stereocenters. The normalized spacial score (nSPS) is 16.4. The van der Waals surface area contributed by atoms with Crippen molar-refractivity contribution in [2.45, 2.75) is 19.1 Å². The van der Waals surface area contributed by atoms with Crippen LogP contribution in [-0.2, 0) is 0 Å². The Balaban J connectivity index is 0.00000280. The van der Waals surface area contributed by atoms with Gasteiger partial charge in [0.05, 0.1) is 0 Å². The highest BCUT2D eigenvalue weighted by molar-refractivity contribution is 5.99. The van der Waals surface area contributed by atoms with Gasteiger partial charge in [0.15, 0.2) is 0 Å². The van der Waals surface area contributed by atoms with Gasteiger partial charge in [0, 0.05) is 43.6 Å². The lowest BCUT2D eigenvalue weighted by molar-refractivity contribution is -0.183. The van der Waals surface area contributed by atoms with E-state index in [-0.39, 0.29) is 31.1 Å². The number of aryl methyl sites for hydroxylation is 1. The molecule has 1 fully saturated rings. The summed E-state index contributed by atoms with van der Waals surface area (Å²) in [4.78, 5) is 28.7. The second-order valence-electron chi connectivity index (χ2n) is 6.55. The molecule has 0 spiro atoms. The van der Waals surface area contributed by atoms with Crippen molar-refractivity contribution in [3.63, 3.8) is 0 Å². The second-order valence-corrected chi connectivity index (χ2v) is 6.55. The summed E-state index contributed by atoms with van der Waals surface area (Å²) in [6.45, 7) is 2.43. The molecule has 0 radical (unpaired) electrons. The van der Waals surface area contributed by atoms with Crippen LogP contribution in [0.1, 0.15) is 15.9 Å². The maximum Gasteiger partial charge on any atom is 0.405 e. The van der Waals surface area contributed by atoms with Crippen molar-refractivity contribution in [1.29, 1.82) is 0 Å². The van der Waals surface area contributed by atoms with Gasteiger partial charge in [0.2, 0.25) is 0 Å². The van der Waals surface area contributed by atoms with Crippen LogP contribution in [0.2, 0.25) is 0 Å². The number of para-hydroxylation sites is 1. The molecule has 1 saturated heterocycles. The molecule has 6 nitrogen and oxygen atoms in total. The van der Waals surface area contributed by atoms with E-state index in [1.54, 1.807) is 31.2 Å². The van der Waals surface area contributed by atoms with Crippen LogP contribution >= 0.6 is 12.4 Å². The highest BCUT2D eigenvalue weighted by Crippen LogP contribution is 2.25. The minimum Gasteiger partial charge on any atom is -0.350 e. The van der Waals surface area contributed by atoms with Gasteiger partial charge in [-0.3, -0.25) is 14.5 Å². The first-order chi connectivity index (χ1) is 12.8. The predicted octanol–water partition coefficient (Wildman–Crippen LogP) is 1.82. The van der Waals surface area contributed by atoms with Gasteiger partial charge in [-0.1, -0.05) is 18.2 Å². The van der Waals surface area contributed by atoms with E-state index in [1.165, 1.54) is 4.90 Å². The lowest BCUT2D eigenvalue weighted by Crippen LogP contribution is -2.57. The number of halogens is 4. The fourth-order valence-corrected chi connectivity index (χ4v) is 3.41. The van der Waals surface area contributed by atoms with E-state index in [4.69, 9.17) is 0 Å². The molecule has 1 atom stereocenters. The second kappa shape index (κ2) is 8.93. The predicted molar refractivity (Wildman–Crippen MR) is 103 cm³/mol. The molecular formula is C18H22ClF3N4O2. The third-order valence-electron chi connectivity index (χ3n) is 4.83. The molecule has 2 aromatic rings. The average molecular weight is 419 g/mol. The molecule has 28 heavy (non-hydrogen) atoms. The standard InChI is InChI=1S/C18H21F3N4O2.ClH/c1-11-12-4-2-3-5-13(12)24-17(27)15(11)16(26)23-10-14(18(19,20)21)25-8-6-22-7-9-25;/h2-5,14,22H,6-10H2,1H3,(H,23,26)(H,24,27);1H. The van der Waals surface area contributed by atoms with Gasteiger partial charge in [-0.05, 0) is 18.6 Å². The maximum atomic E-state index is 13.4. The van der Waals surface area contributed by atoms with E-state index in [0.29, 0.717) is 29.6 Å². The van der Waals surface area contributed by atoms with Gasteiger partial charge >= 0.3 is 6.18 Å². The van der Waals surface area contributed by atoms with Crippen molar-refractivity contribution in [2.24, 2.45) is 0 Å². The zero-order valence-corrected chi connectivity index (χ0v) is 16.0. The summed E-state index contributed by atoms with van der Waals surface area (Å²) in [5, 5.41) is 5.99. The van der Waals surface area contributed by atoms with Gasteiger partial charge in [-0.15, -0.1) is 12.4 Å². The van der Waals surface area contributed by atoms with Gasteiger partial charge in [0.1, 0.15) is 11.6 Å². The van der Waals surface area contributed by atoms with E-state index in [9.17, 15) is 22.8 Å². The number of nitrogens with zero attached hydrogens (tertiary/aromatic N) is 1. The SMILES string of the molecule is Cc1c(C(=O)NCC(N2CCNCC2)C(F)(F)F)c(=O)[nH]c2ccccc12.Cl. The van der Waals surface area contributed by atoms with Crippen molar-refractivity contribution in [1.82, 2.24) is 20.5 Å². The summed E-state index contributed by atoms with van der Waals surface area (Å²) >= 11 is 0. The molecule has 1 aliphatic heterocycles. The molecule has 1 aromatic carbocycles. The number of aromatic amines is 1. The maximum absolute atomic E-state index is 13.4. The number of H-pyrrole nitrogens is 1. The summed E-state index contributed by atoms with van der Waals surface area (Å²) in [7, 11) is 0. The molecule has 154 valence electrons. The number of piperazine rings is 1. The summed E-state index contributed by atoms with van der Waals surface area (Å²) in [6, 6.07) is 5.17. The van der Waals surface area contributed by atoms with E-state index < -0.39 is 30.2 Å². The molecule has 0 bridgehead atoms. The largest absolute Gasteiger partial charge is 0.405 e. The van der Waals surface area contributed by atoms with Crippen molar-refractivity contribution in [3.05, 3.63) is 45.7 Å². The molecule has 0 aliphatic carbocycles. The Morgan fingerprint density at radius 2 is 1.89 bits per heavy atom. The van der Waals surface area contributed by atoms with Crippen LogP contribution < -0.4 is 16.2 Å². The number of pyridine rings is 1. The molecule has 1 aliphatic rings. The van der Waals surface area contributed by atoms with Crippen LogP contribution in [0.25, 0.3) is 10.9 Å². The molecule has 2 heterocycles. The lowest BCUT2D eigenvalue weighted by Gasteiger charge is -2.35. The molecule has 0 saturated carbocycles. The van der Waals surface area contributed by atoms with E-state index in [1.807, 2.05) is 0 Å². The Morgan fingerprint density at radius 1 is 1.25 bits per heavy atom. The molecule has 1 aromatic heterocycles. The number of nitrogens with one attached hydrogen (secondary N) is 3. The summed E-state index contributed by atoms with van der Waals surface area (Å²) in [6.07, 6.45) is -4.48. The Kier molecular flexibility index (Phi) is 7.08. The zero-order valence-electron chi connectivity index (χ0n) is 15.2. The Bertz CT molecular complexity index is 895. The van der Waals surface area contributed by atoms with Crippen molar-refractivity contribution < 1.29 is 18.0 Å². The lowest BCUT2D eigenvalue weighted by atomic mass is 10.0. The van der Waals surface area contributed by atoms with Crippen LogP contribution in [0.5, 0.6) is 0 Å². The number of hydrogen-bond acceptors (Lipinski definition) is 4. The van der Waals surface area contributed by atoms with Gasteiger partial charge in [-0.2, -0.15) is 13.2 Å². The van der Waals surface area contributed by atoms with E-state index in [0.717, 1.165) is 0 Å². The minimum atomic E-state index is -4.48. The van der Waals surface area contributed by atoms with Crippen LogP contribution in [0.15, 0.2) is 29.1 Å². The number of hydrogen-bond donors (Lipinski definition) is 3. The molecule has 1 amide bonds. The van der Waals surface area contributed by atoms with Crippen molar-refractivity contribution in [3.8, 4) is 0 Å². The van der Waals surface area contributed by atoms with E-state index in [2.05, 4.69) is 15.6 Å². The molecule has 3 rings (SSSR count). The van der Waals surface area contributed by atoms with Crippen LogP contribution in [0.3, 0.4) is 0 Å². The highest BCUT2D eigenvalue weighted by atomic mass is 35.5. The Hall–Kier alpha value is -2.10. The fourth-order valence-electron chi connectivity index (χ4n) is 3.41. The Labute approximate surface area is 165 Å². The van der Waals surface area contributed by atoms with E-state index >= 15 is 0 Å². The third kappa shape index (κ3) is 4.65. The molecular weight excluding hydrogens is 397 g/mol. The van der Waals surface area contributed by atoms with Crippen molar-refractivity contribution >= 4 is 29.2 Å². The first-order valence-corrected chi connectivity index (χ1v) is 8.70. The quantitative estimate of drug-likeness (QED) is 0.708. The number of benzene rings is 1. The Morgan fingerprint density at radius 3 is 2.54 bits per heavy atom. The van der Waals surface area contributed by atoms with Gasteiger partial charge in [-0.25, -0.2) is 0 Å². The van der Waals surface area contributed by atoms with Gasteiger partial charge < -0.3 is 15.6 Å². The average Bonchev–Trinajstić information content (AvgIpc) is 2.61. The fraction of sp³-hybridized carbons (Fsp3) is 0.444. The number of aromatic nitrogens is 1. The topological polar surface area (TPSA) is 77.2 Å². The first-order valence-electron chi connectivity index (χ1n) is 8.70. The number of amides is 1. The summed E-state index contributed by atoms with van der Waals surface area (Å²) in [5.41, 5.74) is 0.243. The van der Waals surface area contributed by atoms with Crippen LogP contribution in [-0.4, -0.2) is 60.7 Å². The number of alkyl halides is 3. The summed E-state index contributed by atoms with van der Waals surface area (Å²) < 4.78 is 40.3. The first kappa shape index (κ1) is 22.2. The highest BCUT2D eigenvalue weighted by Gasteiger charge is 2.44. The number of carbonyl (C=O) groups excluding carboxylic acids is 1. The minimum absolute atomic E-state index is 0. The van der Waals surface area contributed by atoms with Crippen LogP contribution in [0.4, 0.5) is 13.2 Å². The van der Waals surface area contributed by atoms with Crippen molar-refractivity contribution in [2.75, 3.05) is 32.7 Å². The molecule has 10 heteroatoms. The summed E-state index contributed by atoms with van der Waals surface area (Å²) in [5.74, 6) is -0.802. The number of fused-ring (bicyclic) bond motifs is 1. The third-order valence-corrected chi connectivity index (χ3v) is 4.83. The monoisotopic (exact) mass is 418 g/mol. The zero-order chi connectivity index (χ0) is 19.6. The van der Waals surface area contributed by atoms with Crippen LogP contribution in [0, 0.1) is 6.92 Å². The smallest absolute Gasteiger partial charge is 0.350 e. The number of carbonyl (C=O) groups is 1. The molecule has 3 N–H and O–H groups in total. The van der Waals surface area contributed by atoms with Gasteiger partial charge in [0.25, 0.3) is 11.5 Å².